The summed E-state index contributed by atoms with van der Waals surface area (Å²) >= 11 is 0. The van der Waals surface area contributed by atoms with Crippen LogP contribution in [-0.2, 0) is 38.1 Å². The number of hydrogen-bond donors (Lipinski definition) is 0. The molecule has 3 saturated heterocycles. The van der Waals surface area contributed by atoms with Crippen molar-refractivity contribution in [2.45, 2.75) is 52.6 Å². The van der Waals surface area contributed by atoms with Crippen LogP contribution in [0.5, 0.6) is 0 Å². The normalized spacial score (nSPS) is 41.4. The Kier molecular flexibility index (Phi) is 2.85. The molecule has 0 aromatic carbocycles. The maximum atomic E-state index is 12.8. The minimum absolute atomic E-state index is 0.252. The number of ether oxygens (including phenoxy) is 4. The molecule has 134 valence electrons. The van der Waals surface area contributed by atoms with E-state index in [9.17, 15) is 19.2 Å². The molecule has 0 bridgehead atoms. The van der Waals surface area contributed by atoms with Gasteiger partial charge in [-0.15, -0.1) is 0 Å². The molecular weight excluding hydrogens is 332 g/mol. The zero-order valence-corrected chi connectivity index (χ0v) is 14.3. The van der Waals surface area contributed by atoms with E-state index in [1.807, 2.05) is 20.8 Å². The van der Waals surface area contributed by atoms with Gasteiger partial charge in [-0.2, -0.15) is 0 Å². The Morgan fingerprint density at radius 3 is 2.48 bits per heavy atom. The van der Waals surface area contributed by atoms with Crippen LogP contribution in [0.1, 0.15) is 34.1 Å². The van der Waals surface area contributed by atoms with E-state index in [0.29, 0.717) is 5.57 Å². The molecule has 25 heavy (non-hydrogen) atoms. The monoisotopic (exact) mass is 350 g/mol. The minimum Gasteiger partial charge on any atom is -0.457 e. The Labute approximate surface area is 143 Å². The Balaban J connectivity index is 2.01. The lowest BCUT2D eigenvalue weighted by atomic mass is 9.56. The van der Waals surface area contributed by atoms with Crippen LogP contribution in [0.4, 0.5) is 0 Å². The van der Waals surface area contributed by atoms with Crippen LogP contribution in [0.3, 0.4) is 0 Å². The molecule has 0 radical (unpaired) electrons. The predicted molar refractivity (Wildman–Crippen MR) is 78.4 cm³/mol. The van der Waals surface area contributed by atoms with Crippen molar-refractivity contribution >= 4 is 23.9 Å². The fourth-order valence-electron chi connectivity index (χ4n) is 4.84. The van der Waals surface area contributed by atoms with Gasteiger partial charge < -0.3 is 18.9 Å². The minimum atomic E-state index is -1.45. The van der Waals surface area contributed by atoms with Gasteiger partial charge >= 0.3 is 23.9 Å². The zero-order valence-electron chi connectivity index (χ0n) is 14.3. The van der Waals surface area contributed by atoms with Gasteiger partial charge in [-0.3, -0.25) is 14.4 Å². The fourth-order valence-corrected chi connectivity index (χ4v) is 4.84. The van der Waals surface area contributed by atoms with E-state index in [2.05, 4.69) is 0 Å². The van der Waals surface area contributed by atoms with Gasteiger partial charge in [0, 0.05) is 6.92 Å². The summed E-state index contributed by atoms with van der Waals surface area (Å²) < 4.78 is 21.3. The maximum Gasteiger partial charge on any atom is 0.351 e. The van der Waals surface area contributed by atoms with Gasteiger partial charge in [-0.1, -0.05) is 20.8 Å². The second-order valence-corrected chi connectivity index (χ2v) is 7.92. The van der Waals surface area contributed by atoms with Crippen LogP contribution < -0.4 is 0 Å². The van der Waals surface area contributed by atoms with E-state index >= 15 is 0 Å². The van der Waals surface area contributed by atoms with E-state index in [1.165, 1.54) is 6.92 Å². The van der Waals surface area contributed by atoms with Crippen LogP contribution in [0.25, 0.3) is 0 Å². The highest BCUT2D eigenvalue weighted by Crippen LogP contribution is 2.72. The SMILES string of the molecule is CC(=O)O[C@H]1C(=O)O[C@H]2OC(=O)[C@]34CC(=O)O[C@H]3C=C(C(C)(C)C)[C@@]214. The molecule has 4 rings (SSSR count). The van der Waals surface area contributed by atoms with Gasteiger partial charge in [0.15, 0.2) is 0 Å². The first-order valence-electron chi connectivity index (χ1n) is 8.06. The third kappa shape index (κ3) is 1.62. The molecule has 2 spiro atoms. The van der Waals surface area contributed by atoms with Crippen molar-refractivity contribution in [3.8, 4) is 0 Å². The summed E-state index contributed by atoms with van der Waals surface area (Å²) in [5.74, 6) is -2.71. The summed E-state index contributed by atoms with van der Waals surface area (Å²) in [6.07, 6.45) is -2.05. The topological polar surface area (TPSA) is 105 Å². The first kappa shape index (κ1) is 16.1. The van der Waals surface area contributed by atoms with Crippen molar-refractivity contribution in [2.75, 3.05) is 0 Å². The molecule has 1 aliphatic carbocycles. The lowest BCUT2D eigenvalue weighted by Gasteiger charge is -2.41. The number of hydrogen-bond acceptors (Lipinski definition) is 8. The van der Waals surface area contributed by atoms with E-state index in [4.69, 9.17) is 18.9 Å². The second kappa shape index (κ2) is 4.42. The summed E-state index contributed by atoms with van der Waals surface area (Å²) in [7, 11) is 0. The zero-order chi connectivity index (χ0) is 18.4. The van der Waals surface area contributed by atoms with Crippen molar-refractivity contribution in [1.29, 1.82) is 0 Å². The third-order valence-electron chi connectivity index (χ3n) is 5.56. The van der Waals surface area contributed by atoms with Crippen molar-refractivity contribution in [1.82, 2.24) is 0 Å². The molecule has 0 unspecified atom stereocenters. The number of carbonyl (C=O) groups is 4. The summed E-state index contributed by atoms with van der Waals surface area (Å²) in [5, 5.41) is 0. The van der Waals surface area contributed by atoms with Crippen molar-refractivity contribution in [3.05, 3.63) is 11.6 Å². The Bertz CT molecular complexity index is 759. The molecule has 0 N–H and O–H groups in total. The first-order chi connectivity index (χ1) is 11.5. The molecule has 3 aliphatic heterocycles. The number of rotatable bonds is 1. The molecule has 8 nitrogen and oxygen atoms in total. The van der Waals surface area contributed by atoms with Crippen LogP contribution in [0, 0.1) is 16.2 Å². The molecule has 0 aromatic rings. The highest BCUT2D eigenvalue weighted by atomic mass is 16.7. The Hall–Kier alpha value is -2.38. The molecule has 3 fully saturated rings. The van der Waals surface area contributed by atoms with Crippen LogP contribution in [-0.4, -0.2) is 42.4 Å². The Morgan fingerprint density at radius 1 is 1.20 bits per heavy atom. The van der Waals surface area contributed by atoms with E-state index < -0.39 is 58.6 Å². The van der Waals surface area contributed by atoms with Gasteiger partial charge in [0.25, 0.3) is 6.29 Å². The number of esters is 4. The second-order valence-electron chi connectivity index (χ2n) is 7.92. The molecule has 0 amide bonds. The third-order valence-corrected chi connectivity index (χ3v) is 5.56. The van der Waals surface area contributed by atoms with Crippen molar-refractivity contribution in [3.63, 3.8) is 0 Å². The molecule has 0 saturated carbocycles. The van der Waals surface area contributed by atoms with E-state index in [0.717, 1.165) is 0 Å². The summed E-state index contributed by atoms with van der Waals surface area (Å²) in [6.45, 7) is 6.87. The average molecular weight is 350 g/mol. The smallest absolute Gasteiger partial charge is 0.351 e. The maximum absolute atomic E-state index is 12.8. The highest BCUT2D eigenvalue weighted by molar-refractivity contribution is 5.96. The van der Waals surface area contributed by atoms with Crippen LogP contribution in [0.2, 0.25) is 0 Å². The molecule has 8 heteroatoms. The van der Waals surface area contributed by atoms with Gasteiger partial charge in [0.1, 0.15) is 16.9 Å². The predicted octanol–water partition coefficient (Wildman–Crippen LogP) is 0.632. The summed E-state index contributed by atoms with van der Waals surface area (Å²) in [6, 6.07) is 0. The summed E-state index contributed by atoms with van der Waals surface area (Å²) in [5.41, 5.74) is -2.71. The van der Waals surface area contributed by atoms with Gasteiger partial charge in [-0.25, -0.2) is 4.79 Å². The van der Waals surface area contributed by atoms with Crippen molar-refractivity contribution in [2.24, 2.45) is 16.2 Å². The lowest BCUT2D eigenvalue weighted by Crippen LogP contribution is -2.55. The van der Waals surface area contributed by atoms with Gasteiger partial charge in [0.2, 0.25) is 6.10 Å². The van der Waals surface area contributed by atoms with Crippen LogP contribution >= 0.6 is 0 Å². The van der Waals surface area contributed by atoms with Crippen molar-refractivity contribution < 1.29 is 38.1 Å². The molecule has 3 heterocycles. The van der Waals surface area contributed by atoms with Gasteiger partial charge in [-0.05, 0) is 17.1 Å². The fraction of sp³-hybridized carbons (Fsp3) is 0.647. The lowest BCUT2D eigenvalue weighted by molar-refractivity contribution is -0.176. The first-order valence-corrected chi connectivity index (χ1v) is 8.06. The number of carbonyl (C=O) groups excluding carboxylic acids is 4. The molecule has 5 atom stereocenters. The Morgan fingerprint density at radius 2 is 1.88 bits per heavy atom. The average Bonchev–Trinajstić information content (AvgIpc) is 3.07. The quantitative estimate of drug-likeness (QED) is 0.385. The van der Waals surface area contributed by atoms with Crippen LogP contribution in [0.15, 0.2) is 11.6 Å². The molecule has 0 aromatic heterocycles. The standard InChI is InChI=1S/C17H18O8/c1-7(18)22-11-12(20)24-14-17(11)8(15(2,3)4)5-9-16(17,13(21)25-14)6-10(19)23-9/h5,9,11,14H,6H2,1-4H3/t9-,11-,14-,16-,17-/m0/s1. The summed E-state index contributed by atoms with van der Waals surface area (Å²) in [4.78, 5) is 48.9. The highest BCUT2D eigenvalue weighted by Gasteiger charge is 2.87. The van der Waals surface area contributed by atoms with Gasteiger partial charge in [0.05, 0.1) is 6.42 Å². The van der Waals surface area contributed by atoms with E-state index in [1.54, 1.807) is 6.08 Å². The molecular formula is C17H18O8. The molecule has 4 aliphatic rings. The largest absolute Gasteiger partial charge is 0.457 e. The van der Waals surface area contributed by atoms with E-state index in [-0.39, 0.29) is 6.42 Å².